The fourth-order valence-electron chi connectivity index (χ4n) is 1.49. The van der Waals surface area contributed by atoms with Gasteiger partial charge in [0.25, 0.3) is 0 Å². The molecule has 3 nitrogen and oxygen atoms in total. The summed E-state index contributed by atoms with van der Waals surface area (Å²) in [5, 5.41) is 0. The predicted octanol–water partition coefficient (Wildman–Crippen LogP) is 0.623. The number of aromatic nitrogens is 1. The molecule has 0 amide bonds. The zero-order chi connectivity index (χ0) is 9.10. The van der Waals surface area contributed by atoms with E-state index in [1.54, 1.807) is 6.07 Å². The lowest BCUT2D eigenvalue weighted by Crippen LogP contribution is -2.38. The minimum atomic E-state index is -0.0206. The maximum atomic E-state index is 10.8. The summed E-state index contributed by atoms with van der Waals surface area (Å²) in [6, 6.07) is 3.49. The molecule has 1 aliphatic rings. The Balaban J connectivity index is 1.86. The van der Waals surface area contributed by atoms with Crippen LogP contribution in [-0.4, -0.2) is 29.5 Å². The van der Waals surface area contributed by atoms with Crippen molar-refractivity contribution >= 4 is 0 Å². The van der Waals surface area contributed by atoms with Gasteiger partial charge in [-0.25, -0.2) is 0 Å². The van der Waals surface area contributed by atoms with E-state index in [1.807, 2.05) is 12.3 Å². The van der Waals surface area contributed by atoms with Gasteiger partial charge in [-0.2, -0.15) is 0 Å². The van der Waals surface area contributed by atoms with E-state index in [2.05, 4.69) is 9.88 Å². The van der Waals surface area contributed by atoms with Crippen molar-refractivity contribution in [2.75, 3.05) is 19.6 Å². The second-order valence-electron chi connectivity index (χ2n) is 3.51. The first-order valence-corrected chi connectivity index (χ1v) is 4.74. The van der Waals surface area contributed by atoms with Gasteiger partial charge in [0.15, 0.2) is 0 Å². The van der Waals surface area contributed by atoms with Crippen LogP contribution >= 0.6 is 0 Å². The Morgan fingerprint density at radius 1 is 1.38 bits per heavy atom. The number of rotatable bonds is 3. The van der Waals surface area contributed by atoms with E-state index in [1.165, 1.54) is 25.1 Å². The molecule has 0 aromatic carbocycles. The Bertz CT molecular complexity index is 307. The molecule has 0 spiro atoms. The van der Waals surface area contributed by atoms with E-state index in [-0.39, 0.29) is 5.56 Å². The highest BCUT2D eigenvalue weighted by Crippen LogP contribution is 2.06. The van der Waals surface area contributed by atoms with Gasteiger partial charge >= 0.3 is 0 Å². The van der Waals surface area contributed by atoms with Crippen molar-refractivity contribution in [2.24, 2.45) is 0 Å². The average Bonchev–Trinajstić information content (AvgIpc) is 2.05. The number of likely N-dealkylation sites (tertiary alicyclic amines) is 1. The van der Waals surface area contributed by atoms with Gasteiger partial charge in [0.2, 0.25) is 5.56 Å². The maximum absolute atomic E-state index is 10.8. The molecular weight excluding hydrogens is 164 g/mol. The number of pyridine rings is 1. The van der Waals surface area contributed by atoms with Crippen molar-refractivity contribution in [1.82, 2.24) is 9.88 Å². The quantitative estimate of drug-likeness (QED) is 0.736. The molecule has 1 aromatic rings. The van der Waals surface area contributed by atoms with Crippen molar-refractivity contribution < 1.29 is 0 Å². The first kappa shape index (κ1) is 8.51. The van der Waals surface area contributed by atoms with Crippen LogP contribution in [0.2, 0.25) is 0 Å². The summed E-state index contributed by atoms with van der Waals surface area (Å²) in [4.78, 5) is 15.9. The normalized spacial score (nSPS) is 16.9. The van der Waals surface area contributed by atoms with Gasteiger partial charge in [0, 0.05) is 18.8 Å². The molecule has 0 atom stereocenters. The number of hydrogen-bond acceptors (Lipinski definition) is 2. The monoisotopic (exact) mass is 178 g/mol. The highest BCUT2D eigenvalue weighted by atomic mass is 16.1. The largest absolute Gasteiger partial charge is 0.329 e. The lowest BCUT2D eigenvalue weighted by atomic mass is 10.1. The maximum Gasteiger partial charge on any atom is 0.247 e. The highest BCUT2D eigenvalue weighted by molar-refractivity contribution is 5.09. The van der Waals surface area contributed by atoms with Crippen molar-refractivity contribution in [1.29, 1.82) is 0 Å². The van der Waals surface area contributed by atoms with E-state index in [0.717, 1.165) is 13.0 Å². The van der Waals surface area contributed by atoms with Gasteiger partial charge in [0.05, 0.1) is 0 Å². The minimum absolute atomic E-state index is 0.0206. The first-order chi connectivity index (χ1) is 6.34. The van der Waals surface area contributed by atoms with Crippen LogP contribution in [0.5, 0.6) is 0 Å². The molecule has 1 aromatic heterocycles. The summed E-state index contributed by atoms with van der Waals surface area (Å²) >= 11 is 0. The molecule has 0 unspecified atom stereocenters. The second-order valence-corrected chi connectivity index (χ2v) is 3.51. The smallest absolute Gasteiger partial charge is 0.247 e. The third-order valence-electron chi connectivity index (χ3n) is 2.51. The third-order valence-corrected chi connectivity index (χ3v) is 2.51. The van der Waals surface area contributed by atoms with Gasteiger partial charge in [-0.3, -0.25) is 4.79 Å². The molecular formula is C10H14N2O. The van der Waals surface area contributed by atoms with Gasteiger partial charge < -0.3 is 9.88 Å². The summed E-state index contributed by atoms with van der Waals surface area (Å²) in [7, 11) is 0. The molecule has 13 heavy (non-hydrogen) atoms. The Morgan fingerprint density at radius 2 is 2.23 bits per heavy atom. The Morgan fingerprint density at radius 3 is 2.77 bits per heavy atom. The Labute approximate surface area is 77.4 Å². The lowest BCUT2D eigenvalue weighted by Gasteiger charge is -2.30. The van der Waals surface area contributed by atoms with Gasteiger partial charge in [0.1, 0.15) is 0 Å². The van der Waals surface area contributed by atoms with E-state index in [4.69, 9.17) is 0 Å². The van der Waals surface area contributed by atoms with E-state index in [0.29, 0.717) is 0 Å². The molecule has 0 aliphatic carbocycles. The summed E-state index contributed by atoms with van der Waals surface area (Å²) in [6.45, 7) is 3.60. The van der Waals surface area contributed by atoms with E-state index >= 15 is 0 Å². The van der Waals surface area contributed by atoms with Crippen LogP contribution in [0, 0.1) is 0 Å². The predicted molar refractivity (Wildman–Crippen MR) is 51.8 cm³/mol. The Hall–Kier alpha value is -1.09. The van der Waals surface area contributed by atoms with Crippen LogP contribution in [0.4, 0.5) is 0 Å². The van der Waals surface area contributed by atoms with Gasteiger partial charge in [-0.15, -0.1) is 0 Å². The molecule has 1 fully saturated rings. The molecule has 0 bridgehead atoms. The number of nitrogens with one attached hydrogen (secondary N) is 1. The van der Waals surface area contributed by atoms with Crippen molar-refractivity contribution in [3.05, 3.63) is 34.2 Å². The van der Waals surface area contributed by atoms with E-state index < -0.39 is 0 Å². The first-order valence-electron chi connectivity index (χ1n) is 4.74. The second kappa shape index (κ2) is 3.75. The molecule has 1 aliphatic heterocycles. The summed E-state index contributed by atoms with van der Waals surface area (Å²) in [5.41, 5.74) is 1.19. The van der Waals surface area contributed by atoms with Crippen LogP contribution in [0.25, 0.3) is 0 Å². The van der Waals surface area contributed by atoms with Crippen LogP contribution in [0.1, 0.15) is 12.0 Å². The van der Waals surface area contributed by atoms with E-state index in [9.17, 15) is 4.79 Å². The third kappa shape index (κ3) is 2.18. The summed E-state index contributed by atoms with van der Waals surface area (Å²) in [6.07, 6.45) is 4.19. The molecule has 2 heterocycles. The van der Waals surface area contributed by atoms with Crippen molar-refractivity contribution in [2.45, 2.75) is 12.8 Å². The van der Waals surface area contributed by atoms with Gasteiger partial charge in [-0.05, 0) is 31.5 Å². The summed E-state index contributed by atoms with van der Waals surface area (Å²) in [5.74, 6) is 0. The summed E-state index contributed by atoms with van der Waals surface area (Å²) < 4.78 is 0. The molecule has 0 radical (unpaired) electrons. The molecule has 2 rings (SSSR count). The fourth-order valence-corrected chi connectivity index (χ4v) is 1.49. The minimum Gasteiger partial charge on any atom is -0.329 e. The van der Waals surface area contributed by atoms with Crippen molar-refractivity contribution in [3.63, 3.8) is 0 Å². The molecule has 1 N–H and O–H groups in total. The van der Waals surface area contributed by atoms with Crippen molar-refractivity contribution in [3.8, 4) is 0 Å². The fraction of sp³-hybridized carbons (Fsp3) is 0.500. The van der Waals surface area contributed by atoms with Crippen LogP contribution < -0.4 is 5.56 Å². The van der Waals surface area contributed by atoms with Crippen LogP contribution in [-0.2, 0) is 6.42 Å². The zero-order valence-electron chi connectivity index (χ0n) is 7.62. The number of H-pyrrole nitrogens is 1. The SMILES string of the molecule is O=c1ccc(CCN2CCC2)c[nH]1. The highest BCUT2D eigenvalue weighted by Gasteiger charge is 2.12. The van der Waals surface area contributed by atoms with Gasteiger partial charge in [-0.1, -0.05) is 6.07 Å². The Kier molecular flexibility index (Phi) is 2.45. The number of aromatic amines is 1. The zero-order valence-corrected chi connectivity index (χ0v) is 7.62. The topological polar surface area (TPSA) is 36.1 Å². The lowest BCUT2D eigenvalue weighted by molar-refractivity contribution is 0.184. The molecule has 3 heteroatoms. The number of hydrogen-bond donors (Lipinski definition) is 1. The molecule has 70 valence electrons. The standard InChI is InChI=1S/C10H14N2O/c13-10-3-2-9(8-11-10)4-7-12-5-1-6-12/h2-3,8H,1,4-7H2,(H,11,13). The van der Waals surface area contributed by atoms with Crippen LogP contribution in [0.15, 0.2) is 23.1 Å². The van der Waals surface area contributed by atoms with Crippen LogP contribution in [0.3, 0.4) is 0 Å². The molecule has 1 saturated heterocycles. The number of nitrogens with zero attached hydrogens (tertiary/aromatic N) is 1. The molecule has 0 saturated carbocycles. The average molecular weight is 178 g/mol.